The SMILES string of the molecule is CCOC(C=C=CC(C)C)OCC. The highest BCUT2D eigenvalue weighted by Crippen LogP contribution is 1.97. The lowest BCUT2D eigenvalue weighted by Gasteiger charge is -2.10. The molecular weight excluding hydrogens is 164 g/mol. The first-order valence-electron chi connectivity index (χ1n) is 4.86. The van der Waals surface area contributed by atoms with Crippen LogP contribution in [-0.2, 0) is 9.47 Å². The van der Waals surface area contributed by atoms with E-state index in [1.807, 2.05) is 26.0 Å². The fourth-order valence-corrected chi connectivity index (χ4v) is 0.799. The van der Waals surface area contributed by atoms with E-state index in [-0.39, 0.29) is 6.29 Å². The number of ether oxygens (including phenoxy) is 2. The highest BCUT2D eigenvalue weighted by Gasteiger charge is 2.00. The average molecular weight is 184 g/mol. The summed E-state index contributed by atoms with van der Waals surface area (Å²) in [5, 5.41) is 0. The van der Waals surface area contributed by atoms with Crippen molar-refractivity contribution in [1.82, 2.24) is 0 Å². The molecule has 0 aliphatic carbocycles. The van der Waals surface area contributed by atoms with Gasteiger partial charge in [0.25, 0.3) is 0 Å². The van der Waals surface area contributed by atoms with Gasteiger partial charge in [0.05, 0.1) is 0 Å². The zero-order chi connectivity index (χ0) is 10.1. The van der Waals surface area contributed by atoms with Gasteiger partial charge in [-0.05, 0) is 25.8 Å². The highest BCUT2D eigenvalue weighted by atomic mass is 16.7. The largest absolute Gasteiger partial charge is 0.349 e. The van der Waals surface area contributed by atoms with Crippen molar-refractivity contribution < 1.29 is 9.47 Å². The first-order valence-corrected chi connectivity index (χ1v) is 4.86. The molecule has 76 valence electrons. The molecule has 0 unspecified atom stereocenters. The molecule has 0 aromatic heterocycles. The highest BCUT2D eigenvalue weighted by molar-refractivity contribution is 4.89. The van der Waals surface area contributed by atoms with E-state index in [9.17, 15) is 0 Å². The van der Waals surface area contributed by atoms with Gasteiger partial charge in [-0.15, -0.1) is 5.73 Å². The zero-order valence-electron chi connectivity index (χ0n) is 9.04. The molecule has 2 nitrogen and oxygen atoms in total. The van der Waals surface area contributed by atoms with Crippen LogP contribution in [0.5, 0.6) is 0 Å². The molecule has 0 rings (SSSR count). The Morgan fingerprint density at radius 2 is 1.62 bits per heavy atom. The predicted molar refractivity (Wildman–Crippen MR) is 54.5 cm³/mol. The Balaban J connectivity index is 3.99. The van der Waals surface area contributed by atoms with Crippen LogP contribution in [-0.4, -0.2) is 19.5 Å². The maximum Gasteiger partial charge on any atom is 0.184 e. The molecule has 0 N–H and O–H groups in total. The van der Waals surface area contributed by atoms with E-state index >= 15 is 0 Å². The summed E-state index contributed by atoms with van der Waals surface area (Å²) >= 11 is 0. The minimum atomic E-state index is -0.245. The normalized spacial score (nSPS) is 10.3. The van der Waals surface area contributed by atoms with Gasteiger partial charge in [0.2, 0.25) is 0 Å². The molecule has 0 aromatic carbocycles. The Labute approximate surface area is 81.2 Å². The van der Waals surface area contributed by atoms with Gasteiger partial charge >= 0.3 is 0 Å². The molecule has 0 saturated carbocycles. The molecule has 0 radical (unpaired) electrons. The molecule has 0 saturated heterocycles. The average Bonchev–Trinajstić information content (AvgIpc) is 2.04. The Morgan fingerprint density at radius 1 is 1.08 bits per heavy atom. The molecule has 0 aliphatic heterocycles. The van der Waals surface area contributed by atoms with Gasteiger partial charge < -0.3 is 9.47 Å². The van der Waals surface area contributed by atoms with Gasteiger partial charge in [-0.2, -0.15) is 0 Å². The summed E-state index contributed by atoms with van der Waals surface area (Å²) in [6, 6.07) is 0. The molecule has 13 heavy (non-hydrogen) atoms. The molecule has 2 heteroatoms. The second-order valence-electron chi connectivity index (χ2n) is 3.02. The van der Waals surface area contributed by atoms with Gasteiger partial charge in [0, 0.05) is 19.3 Å². The van der Waals surface area contributed by atoms with Crippen LogP contribution in [0, 0.1) is 5.92 Å². The standard InChI is InChI=1S/C11H20O2/c1-5-12-11(13-6-2)9-7-8-10(3)4/h8-11H,5-6H2,1-4H3. The number of hydrogen-bond acceptors (Lipinski definition) is 2. The Bertz CT molecular complexity index is 161. The van der Waals surface area contributed by atoms with Gasteiger partial charge in [0.1, 0.15) is 0 Å². The van der Waals surface area contributed by atoms with E-state index in [1.54, 1.807) is 0 Å². The summed E-state index contributed by atoms with van der Waals surface area (Å²) in [6.07, 6.45) is 3.56. The summed E-state index contributed by atoms with van der Waals surface area (Å²) in [7, 11) is 0. The minimum absolute atomic E-state index is 0.245. The van der Waals surface area contributed by atoms with Crippen LogP contribution in [0.3, 0.4) is 0 Å². The van der Waals surface area contributed by atoms with E-state index in [4.69, 9.17) is 9.47 Å². The Morgan fingerprint density at radius 3 is 2.00 bits per heavy atom. The molecule has 0 fully saturated rings. The van der Waals surface area contributed by atoms with E-state index < -0.39 is 0 Å². The second-order valence-corrected chi connectivity index (χ2v) is 3.02. The lowest BCUT2D eigenvalue weighted by molar-refractivity contribution is -0.103. The van der Waals surface area contributed by atoms with E-state index in [0.717, 1.165) is 0 Å². The van der Waals surface area contributed by atoms with E-state index in [2.05, 4.69) is 19.6 Å². The quantitative estimate of drug-likeness (QED) is 0.467. The van der Waals surface area contributed by atoms with Crippen molar-refractivity contribution >= 4 is 0 Å². The third-order valence-corrected chi connectivity index (χ3v) is 1.32. The van der Waals surface area contributed by atoms with Crippen molar-refractivity contribution in [2.24, 2.45) is 5.92 Å². The lowest BCUT2D eigenvalue weighted by Crippen LogP contribution is -2.13. The van der Waals surface area contributed by atoms with Crippen molar-refractivity contribution in [1.29, 1.82) is 0 Å². The summed E-state index contributed by atoms with van der Waals surface area (Å²) in [5.74, 6) is 0.514. The van der Waals surface area contributed by atoms with Crippen molar-refractivity contribution in [3.8, 4) is 0 Å². The maximum atomic E-state index is 5.30. The molecule has 0 spiro atoms. The smallest absolute Gasteiger partial charge is 0.184 e. The molecular formula is C11H20O2. The van der Waals surface area contributed by atoms with Crippen LogP contribution in [0.15, 0.2) is 17.9 Å². The molecule has 0 atom stereocenters. The fourth-order valence-electron chi connectivity index (χ4n) is 0.799. The predicted octanol–water partition coefficient (Wildman–Crippen LogP) is 2.75. The monoisotopic (exact) mass is 184 g/mol. The Kier molecular flexibility index (Phi) is 7.71. The molecule has 0 amide bonds. The molecule has 0 bridgehead atoms. The van der Waals surface area contributed by atoms with Crippen LogP contribution in [0.1, 0.15) is 27.7 Å². The maximum absolute atomic E-state index is 5.30. The van der Waals surface area contributed by atoms with Crippen molar-refractivity contribution in [2.45, 2.75) is 34.0 Å². The summed E-state index contributed by atoms with van der Waals surface area (Å²) in [5.41, 5.74) is 3.05. The topological polar surface area (TPSA) is 18.5 Å². The van der Waals surface area contributed by atoms with Crippen molar-refractivity contribution in [2.75, 3.05) is 13.2 Å². The molecule has 0 aromatic rings. The van der Waals surface area contributed by atoms with Gasteiger partial charge in [-0.25, -0.2) is 0 Å². The van der Waals surface area contributed by atoms with Gasteiger partial charge in [-0.3, -0.25) is 0 Å². The molecule has 0 aliphatic rings. The second kappa shape index (κ2) is 8.06. The van der Waals surface area contributed by atoms with Gasteiger partial charge in [-0.1, -0.05) is 13.8 Å². The van der Waals surface area contributed by atoms with Gasteiger partial charge in [0.15, 0.2) is 6.29 Å². The van der Waals surface area contributed by atoms with Crippen LogP contribution in [0.2, 0.25) is 0 Å². The summed E-state index contributed by atoms with van der Waals surface area (Å²) < 4.78 is 10.6. The third-order valence-electron chi connectivity index (χ3n) is 1.32. The van der Waals surface area contributed by atoms with Crippen LogP contribution in [0.25, 0.3) is 0 Å². The van der Waals surface area contributed by atoms with E-state index in [1.165, 1.54) is 0 Å². The first kappa shape index (κ1) is 12.4. The van der Waals surface area contributed by atoms with Crippen molar-refractivity contribution in [3.05, 3.63) is 17.9 Å². The third kappa shape index (κ3) is 7.79. The van der Waals surface area contributed by atoms with Crippen LogP contribution in [0.4, 0.5) is 0 Å². The zero-order valence-corrected chi connectivity index (χ0v) is 9.04. The fraction of sp³-hybridized carbons (Fsp3) is 0.727. The summed E-state index contributed by atoms with van der Waals surface area (Å²) in [6.45, 7) is 9.43. The Hall–Kier alpha value is -0.560. The first-order chi connectivity index (χ1) is 6.20. The van der Waals surface area contributed by atoms with Crippen LogP contribution >= 0.6 is 0 Å². The number of rotatable bonds is 6. The van der Waals surface area contributed by atoms with E-state index in [0.29, 0.717) is 19.1 Å². The molecule has 0 heterocycles. The lowest BCUT2D eigenvalue weighted by atomic mass is 10.2. The minimum Gasteiger partial charge on any atom is -0.349 e. The van der Waals surface area contributed by atoms with Crippen molar-refractivity contribution in [3.63, 3.8) is 0 Å². The number of hydrogen-bond donors (Lipinski definition) is 0. The van der Waals surface area contributed by atoms with Crippen LogP contribution < -0.4 is 0 Å². The summed E-state index contributed by atoms with van der Waals surface area (Å²) in [4.78, 5) is 0.